The van der Waals surface area contributed by atoms with Crippen molar-refractivity contribution in [2.24, 2.45) is 5.92 Å². The second kappa shape index (κ2) is 8.43. The van der Waals surface area contributed by atoms with Crippen molar-refractivity contribution in [2.75, 3.05) is 0 Å². The summed E-state index contributed by atoms with van der Waals surface area (Å²) in [6, 6.07) is 0. The molecule has 0 N–H and O–H groups in total. The first-order valence-corrected chi connectivity index (χ1v) is 7.83. The van der Waals surface area contributed by atoms with Crippen molar-refractivity contribution < 1.29 is 98.0 Å². The molecular weight excluding hydrogens is 562 g/mol. The number of halogens is 18. The molecule has 1 aliphatic carbocycles. The lowest BCUT2D eigenvalue weighted by Gasteiger charge is -2.49. The summed E-state index contributed by atoms with van der Waals surface area (Å²) in [5.74, 6) is -12.7. The Balaban J connectivity index is 3.19. The molecule has 2 unspecified atom stereocenters. The van der Waals surface area contributed by atoms with E-state index >= 15 is 0 Å². The van der Waals surface area contributed by atoms with Crippen molar-refractivity contribution >= 4 is 0 Å². The number of hydrogen-bond acceptors (Lipinski definition) is 4. The molecule has 0 aromatic carbocycles. The number of hydrogen-bond donors (Lipinski definition) is 0. The number of rotatable bonds is 11. The maximum Gasteiger partial charge on any atom is 0.527 e. The second-order valence-electron chi connectivity index (χ2n) is 6.35. The summed E-state index contributed by atoms with van der Waals surface area (Å²) in [4.78, 5) is 0. The van der Waals surface area contributed by atoms with E-state index in [0.717, 1.165) is 0 Å². The Morgan fingerprint density at radius 3 is 1.17 bits per heavy atom. The number of alkyl halides is 18. The van der Waals surface area contributed by atoms with E-state index in [1.165, 1.54) is 9.47 Å². The predicted octanol–water partition coefficient (Wildman–Crippen LogP) is 6.64. The second-order valence-corrected chi connectivity index (χ2v) is 6.35. The minimum absolute atomic E-state index is 0.106. The summed E-state index contributed by atoms with van der Waals surface area (Å²) < 4.78 is 240. The Morgan fingerprint density at radius 2 is 0.886 bits per heavy atom. The molecule has 0 aliphatic heterocycles. The van der Waals surface area contributed by atoms with Crippen molar-refractivity contribution in [1.29, 1.82) is 0 Å². The molecule has 0 radical (unpaired) electrons. The zero-order chi connectivity index (χ0) is 28.3. The van der Waals surface area contributed by atoms with Gasteiger partial charge in [-0.15, -0.1) is 19.8 Å². The van der Waals surface area contributed by atoms with Gasteiger partial charge in [0, 0.05) is 12.3 Å². The molecule has 4 nitrogen and oxygen atoms in total. The molecule has 22 heteroatoms. The normalized spacial score (nSPS) is 24.8. The summed E-state index contributed by atoms with van der Waals surface area (Å²) in [5.41, 5.74) is 0. The van der Waals surface area contributed by atoms with Crippen LogP contribution in [0.25, 0.3) is 0 Å². The highest BCUT2D eigenvalue weighted by atomic mass is 19.4. The van der Waals surface area contributed by atoms with Crippen LogP contribution in [0.2, 0.25) is 0 Å². The van der Waals surface area contributed by atoms with E-state index in [1.54, 1.807) is 4.74 Å². The van der Waals surface area contributed by atoms with Crippen LogP contribution in [0.4, 0.5) is 79.0 Å². The van der Waals surface area contributed by atoms with Gasteiger partial charge in [0.2, 0.25) is 0 Å². The highest BCUT2D eigenvalue weighted by Gasteiger charge is 2.80. The van der Waals surface area contributed by atoms with Gasteiger partial charge < -0.3 is 0 Å². The average Bonchev–Trinajstić information content (AvgIpc) is 2.54. The fourth-order valence-electron chi connectivity index (χ4n) is 2.08. The molecular formula is C13H6F18O4. The van der Waals surface area contributed by atoms with Gasteiger partial charge in [-0.25, -0.2) is 27.4 Å². The highest BCUT2D eigenvalue weighted by Crippen LogP contribution is 2.59. The first-order valence-electron chi connectivity index (χ1n) is 7.83. The van der Waals surface area contributed by atoms with E-state index in [4.69, 9.17) is 0 Å². The van der Waals surface area contributed by atoms with Crippen molar-refractivity contribution in [3.63, 3.8) is 0 Å². The molecule has 1 aliphatic rings. The zero-order valence-corrected chi connectivity index (χ0v) is 15.5. The molecule has 1 rings (SSSR count). The average molecular weight is 568 g/mol. The topological polar surface area (TPSA) is 36.9 Å². The van der Waals surface area contributed by atoms with E-state index in [9.17, 15) is 79.0 Å². The van der Waals surface area contributed by atoms with Crippen molar-refractivity contribution in [3.8, 4) is 0 Å². The predicted molar refractivity (Wildman–Crippen MR) is 67.2 cm³/mol. The summed E-state index contributed by atoms with van der Waals surface area (Å²) in [5, 5.41) is 0. The van der Waals surface area contributed by atoms with Crippen LogP contribution < -0.4 is 0 Å². The van der Waals surface area contributed by atoms with Gasteiger partial charge in [0.25, 0.3) is 5.85 Å². The largest absolute Gasteiger partial charge is 0.527 e. The number of ether oxygens (including phenoxy) is 4. The van der Waals surface area contributed by atoms with Gasteiger partial charge in [-0.1, -0.05) is 6.08 Å². The molecule has 0 heterocycles. The summed E-state index contributed by atoms with van der Waals surface area (Å²) in [6.45, 7) is 2.64. The van der Waals surface area contributed by atoms with Gasteiger partial charge in [0.05, 0.1) is 0 Å². The third-order valence-corrected chi connectivity index (χ3v) is 3.79. The maximum absolute atomic E-state index is 14.0. The van der Waals surface area contributed by atoms with E-state index < -0.39 is 67.1 Å². The Morgan fingerprint density at radius 1 is 0.571 bits per heavy atom. The minimum Gasteiger partial charge on any atom is -0.269 e. The van der Waals surface area contributed by atoms with Gasteiger partial charge in [-0.05, 0) is 0 Å². The summed E-state index contributed by atoms with van der Waals surface area (Å²) in [7, 11) is 0. The molecule has 35 heavy (non-hydrogen) atoms. The first kappa shape index (κ1) is 31.4. The Bertz CT molecular complexity index is 792. The molecule has 0 aromatic rings. The molecule has 0 aromatic heterocycles. The van der Waals surface area contributed by atoms with Gasteiger partial charge in [-0.3, -0.25) is 4.74 Å². The van der Waals surface area contributed by atoms with Crippen LogP contribution in [0.15, 0.2) is 12.7 Å². The van der Waals surface area contributed by atoms with E-state index in [-0.39, 0.29) is 6.08 Å². The van der Waals surface area contributed by atoms with Gasteiger partial charge in [0.1, 0.15) is 0 Å². The van der Waals surface area contributed by atoms with Crippen LogP contribution in [-0.4, -0.2) is 54.8 Å². The zero-order valence-electron chi connectivity index (χ0n) is 15.5. The van der Waals surface area contributed by atoms with Crippen molar-refractivity contribution in [3.05, 3.63) is 12.7 Å². The molecule has 0 amide bonds. The van der Waals surface area contributed by atoms with Gasteiger partial charge in [0.15, 0.2) is 0 Å². The molecule has 1 fully saturated rings. The van der Waals surface area contributed by atoms with E-state index in [2.05, 4.69) is 11.3 Å². The Kier molecular flexibility index (Phi) is 7.55. The molecule has 0 bridgehead atoms. The molecule has 0 saturated heterocycles. The smallest absolute Gasteiger partial charge is 0.269 e. The highest BCUT2D eigenvalue weighted by molar-refractivity contribution is 5.11. The lowest BCUT2D eigenvalue weighted by Crippen LogP contribution is -2.67. The van der Waals surface area contributed by atoms with Gasteiger partial charge in [-0.2, -0.15) is 52.7 Å². The van der Waals surface area contributed by atoms with Crippen LogP contribution in [0.1, 0.15) is 6.42 Å². The molecule has 0 spiro atoms. The van der Waals surface area contributed by atoms with Crippen LogP contribution in [-0.2, 0) is 18.9 Å². The van der Waals surface area contributed by atoms with Crippen LogP contribution in [0, 0.1) is 5.92 Å². The molecule has 208 valence electrons. The lowest BCUT2D eigenvalue weighted by atomic mass is 9.75. The fraction of sp³-hybridized carbons (Fsp3) is 0.846. The molecule has 1 saturated carbocycles. The lowest BCUT2D eigenvalue weighted by molar-refractivity contribution is -0.583. The summed E-state index contributed by atoms with van der Waals surface area (Å²) in [6.07, 6.45) is -52.6. The van der Waals surface area contributed by atoms with Gasteiger partial charge >= 0.3 is 48.9 Å². The Hall–Kier alpha value is -1.68. The fourth-order valence-corrected chi connectivity index (χ4v) is 2.08. The first-order chi connectivity index (χ1) is 15.0. The third-order valence-electron chi connectivity index (χ3n) is 3.79. The maximum atomic E-state index is 14.0. The van der Waals surface area contributed by atoms with Crippen LogP contribution in [0.5, 0.6) is 0 Å². The third kappa shape index (κ3) is 5.84. The quantitative estimate of drug-likeness (QED) is 0.207. The van der Waals surface area contributed by atoms with E-state index in [0.29, 0.717) is 0 Å². The standard InChI is InChI=1S/C13H6F18O4/c1-2-4-3-5(14,15)6(4,16)32-7(17,18)8(19,20)33-9(21,22)10(23,24)34-11(25,26)12(27,28)35-13(29,30)31/h2,4H,1,3H2. The van der Waals surface area contributed by atoms with Crippen LogP contribution in [0.3, 0.4) is 0 Å². The SMILES string of the molecule is C=CC1CC(F)(F)C1(F)OC(F)(F)C(F)(F)OC(F)(F)C(F)(F)OC(F)(F)C(F)(F)OC(F)(F)F. The minimum atomic E-state index is -7.61. The van der Waals surface area contributed by atoms with Crippen LogP contribution >= 0.6 is 0 Å². The van der Waals surface area contributed by atoms with Crippen molar-refractivity contribution in [1.82, 2.24) is 0 Å². The summed E-state index contributed by atoms with van der Waals surface area (Å²) >= 11 is 0. The van der Waals surface area contributed by atoms with Crippen molar-refractivity contribution in [2.45, 2.75) is 61.2 Å². The molecule has 2 atom stereocenters. The monoisotopic (exact) mass is 568 g/mol. The Labute approximate surface area is 179 Å². The van der Waals surface area contributed by atoms with E-state index in [1.807, 2.05) is 0 Å².